The fourth-order valence-electron chi connectivity index (χ4n) is 0.470. The summed E-state index contributed by atoms with van der Waals surface area (Å²) in [5.74, 6) is 0.556. The molecule has 0 heterocycles. The topological polar surface area (TPSA) is 26.0 Å². The summed E-state index contributed by atoms with van der Waals surface area (Å²) in [6, 6.07) is 0. The highest BCUT2D eigenvalue weighted by atomic mass is 14.5. The quantitative estimate of drug-likeness (QED) is 0.540. The third-order valence-corrected chi connectivity index (χ3v) is 1.59. The van der Waals surface area contributed by atoms with E-state index >= 15 is 0 Å². The van der Waals surface area contributed by atoms with Gasteiger partial charge in [0.05, 0.1) is 0 Å². The van der Waals surface area contributed by atoms with Crippen LogP contribution in [0.2, 0.25) is 0 Å². The van der Waals surface area contributed by atoms with E-state index < -0.39 is 0 Å². The minimum absolute atomic E-state index is 0.556. The second-order valence-corrected chi connectivity index (χ2v) is 2.17. The average molecular weight is 113 g/mol. The van der Waals surface area contributed by atoms with E-state index in [2.05, 4.69) is 19.9 Å². The van der Waals surface area contributed by atoms with Crippen molar-refractivity contribution in [3.8, 4) is 0 Å². The zero-order valence-corrected chi connectivity index (χ0v) is 5.94. The zero-order chi connectivity index (χ0) is 6.57. The molecule has 48 valence electrons. The summed E-state index contributed by atoms with van der Waals surface area (Å²) in [6.45, 7) is 7.05. The summed E-state index contributed by atoms with van der Waals surface area (Å²) in [6.07, 6.45) is 2.11. The van der Waals surface area contributed by atoms with Crippen molar-refractivity contribution in [2.24, 2.45) is 11.7 Å². The van der Waals surface area contributed by atoms with Gasteiger partial charge in [0.15, 0.2) is 0 Å². The molecule has 8 heavy (non-hydrogen) atoms. The van der Waals surface area contributed by atoms with Crippen LogP contribution < -0.4 is 5.73 Å². The van der Waals surface area contributed by atoms with Gasteiger partial charge in [-0.25, -0.2) is 0 Å². The molecule has 0 fully saturated rings. The second-order valence-electron chi connectivity index (χ2n) is 2.17. The molecular weight excluding hydrogens is 98.1 g/mol. The van der Waals surface area contributed by atoms with Gasteiger partial charge in [0.2, 0.25) is 0 Å². The highest BCUT2D eigenvalue weighted by Crippen LogP contribution is 2.05. The van der Waals surface area contributed by atoms with Crippen molar-refractivity contribution in [3.05, 3.63) is 11.6 Å². The smallest absolute Gasteiger partial charge is 0.00143 e. The van der Waals surface area contributed by atoms with Crippen molar-refractivity contribution in [3.63, 3.8) is 0 Å². The van der Waals surface area contributed by atoms with Crippen molar-refractivity contribution >= 4 is 0 Å². The predicted octanol–water partition coefficient (Wildman–Crippen LogP) is 1.55. The summed E-state index contributed by atoms with van der Waals surface area (Å²) in [5, 5.41) is 0. The maximum atomic E-state index is 5.41. The molecule has 0 aliphatic rings. The Kier molecular flexibility index (Phi) is 3.53. The van der Waals surface area contributed by atoms with Crippen LogP contribution in [0.5, 0.6) is 0 Å². The first-order valence-electron chi connectivity index (χ1n) is 3.05. The standard InChI is InChI=1S/C7H15N/c1-4-6(2)7(3)5-8/h4,7H,5,8H2,1-3H3/b6-4-. The van der Waals surface area contributed by atoms with Gasteiger partial charge in [0.1, 0.15) is 0 Å². The van der Waals surface area contributed by atoms with Gasteiger partial charge in [-0.3, -0.25) is 0 Å². The molecule has 0 aromatic carbocycles. The van der Waals surface area contributed by atoms with E-state index in [0.717, 1.165) is 6.54 Å². The molecule has 0 rings (SSSR count). The van der Waals surface area contributed by atoms with Crippen molar-refractivity contribution in [1.82, 2.24) is 0 Å². The van der Waals surface area contributed by atoms with Gasteiger partial charge in [-0.1, -0.05) is 18.6 Å². The number of nitrogens with two attached hydrogens (primary N) is 1. The third-order valence-electron chi connectivity index (χ3n) is 1.59. The predicted molar refractivity (Wildman–Crippen MR) is 37.6 cm³/mol. The Balaban J connectivity index is 3.63. The third kappa shape index (κ3) is 2.12. The van der Waals surface area contributed by atoms with Crippen molar-refractivity contribution in [2.45, 2.75) is 20.8 Å². The first kappa shape index (κ1) is 7.70. The zero-order valence-electron chi connectivity index (χ0n) is 5.94. The van der Waals surface area contributed by atoms with Crippen molar-refractivity contribution in [1.29, 1.82) is 0 Å². The summed E-state index contributed by atoms with van der Waals surface area (Å²) in [5.41, 5.74) is 6.79. The SMILES string of the molecule is C/C=C(/C)C(C)CN. The van der Waals surface area contributed by atoms with Crippen LogP contribution in [0.25, 0.3) is 0 Å². The molecule has 0 aromatic rings. The van der Waals surface area contributed by atoms with E-state index in [1.54, 1.807) is 0 Å². The van der Waals surface area contributed by atoms with Crippen LogP contribution in [0.15, 0.2) is 11.6 Å². The number of rotatable bonds is 2. The molecule has 0 aromatic heterocycles. The molecule has 0 saturated heterocycles. The van der Waals surface area contributed by atoms with Gasteiger partial charge in [-0.05, 0) is 26.3 Å². The minimum atomic E-state index is 0.556. The Hall–Kier alpha value is -0.300. The van der Waals surface area contributed by atoms with Crippen LogP contribution in [0.3, 0.4) is 0 Å². The molecule has 0 radical (unpaired) electrons. The summed E-state index contributed by atoms with van der Waals surface area (Å²) < 4.78 is 0. The molecule has 1 atom stereocenters. The molecule has 0 aliphatic heterocycles. The highest BCUT2D eigenvalue weighted by Gasteiger charge is 1.97. The Bertz CT molecular complexity index is 84.4. The lowest BCUT2D eigenvalue weighted by Gasteiger charge is -2.06. The minimum Gasteiger partial charge on any atom is -0.330 e. The fourth-order valence-corrected chi connectivity index (χ4v) is 0.470. The molecule has 1 nitrogen and oxygen atoms in total. The maximum Gasteiger partial charge on any atom is -0.00143 e. The largest absolute Gasteiger partial charge is 0.330 e. The normalized spacial score (nSPS) is 16.2. The van der Waals surface area contributed by atoms with Gasteiger partial charge in [0.25, 0.3) is 0 Å². The Labute approximate surface area is 51.6 Å². The van der Waals surface area contributed by atoms with E-state index in [-0.39, 0.29) is 0 Å². The van der Waals surface area contributed by atoms with Gasteiger partial charge in [0, 0.05) is 0 Å². The van der Waals surface area contributed by atoms with Gasteiger partial charge in [-0.15, -0.1) is 0 Å². The van der Waals surface area contributed by atoms with Crippen LogP contribution >= 0.6 is 0 Å². The molecule has 0 saturated carbocycles. The lowest BCUT2D eigenvalue weighted by molar-refractivity contribution is 0.692. The molecular formula is C7H15N. The van der Waals surface area contributed by atoms with Crippen LogP contribution in [-0.4, -0.2) is 6.54 Å². The maximum absolute atomic E-state index is 5.41. The molecule has 0 spiro atoms. The number of hydrogen-bond donors (Lipinski definition) is 1. The van der Waals surface area contributed by atoms with Crippen LogP contribution in [0.1, 0.15) is 20.8 Å². The number of allylic oxidation sites excluding steroid dienone is 1. The van der Waals surface area contributed by atoms with Crippen LogP contribution in [-0.2, 0) is 0 Å². The summed E-state index contributed by atoms with van der Waals surface area (Å²) >= 11 is 0. The van der Waals surface area contributed by atoms with Crippen molar-refractivity contribution < 1.29 is 0 Å². The summed E-state index contributed by atoms with van der Waals surface area (Å²) in [4.78, 5) is 0. The average Bonchev–Trinajstić information content (AvgIpc) is 1.84. The fraction of sp³-hybridized carbons (Fsp3) is 0.714. The van der Waals surface area contributed by atoms with Crippen LogP contribution in [0.4, 0.5) is 0 Å². The van der Waals surface area contributed by atoms with E-state index in [0.29, 0.717) is 5.92 Å². The lowest BCUT2D eigenvalue weighted by Crippen LogP contribution is -2.11. The molecule has 2 N–H and O–H groups in total. The Morgan fingerprint density at radius 2 is 2.25 bits per heavy atom. The first-order valence-corrected chi connectivity index (χ1v) is 3.05. The van der Waals surface area contributed by atoms with E-state index in [4.69, 9.17) is 5.73 Å². The van der Waals surface area contributed by atoms with Gasteiger partial charge >= 0.3 is 0 Å². The van der Waals surface area contributed by atoms with Gasteiger partial charge in [-0.2, -0.15) is 0 Å². The van der Waals surface area contributed by atoms with Gasteiger partial charge < -0.3 is 5.73 Å². The van der Waals surface area contributed by atoms with E-state index in [1.807, 2.05) is 6.92 Å². The second kappa shape index (κ2) is 3.67. The van der Waals surface area contributed by atoms with E-state index in [9.17, 15) is 0 Å². The number of hydrogen-bond acceptors (Lipinski definition) is 1. The summed E-state index contributed by atoms with van der Waals surface area (Å²) in [7, 11) is 0. The molecule has 0 amide bonds. The molecule has 0 aliphatic carbocycles. The first-order chi connectivity index (χ1) is 3.72. The highest BCUT2D eigenvalue weighted by molar-refractivity contribution is 5.00. The molecule has 0 bridgehead atoms. The monoisotopic (exact) mass is 113 g/mol. The van der Waals surface area contributed by atoms with Crippen molar-refractivity contribution in [2.75, 3.05) is 6.54 Å². The van der Waals surface area contributed by atoms with Crippen LogP contribution in [0, 0.1) is 5.92 Å². The molecule has 1 unspecified atom stereocenters. The Morgan fingerprint density at radius 3 is 2.38 bits per heavy atom. The lowest BCUT2D eigenvalue weighted by atomic mass is 10.0. The van der Waals surface area contributed by atoms with E-state index in [1.165, 1.54) is 5.57 Å². The Morgan fingerprint density at radius 1 is 1.75 bits per heavy atom. The molecule has 1 heteroatoms.